The van der Waals surface area contributed by atoms with Crippen molar-refractivity contribution in [1.82, 2.24) is 0 Å². The molecule has 0 unspecified atom stereocenters. The van der Waals surface area contributed by atoms with Gasteiger partial charge in [0.1, 0.15) is 6.61 Å². The molecule has 2 heteroatoms. The van der Waals surface area contributed by atoms with Crippen molar-refractivity contribution in [1.29, 1.82) is 0 Å². The van der Waals surface area contributed by atoms with Crippen LogP contribution in [0.4, 0.5) is 0 Å². The van der Waals surface area contributed by atoms with Crippen LogP contribution < -0.4 is 0 Å². The Labute approximate surface area is 99.7 Å². The average molecular weight is 226 g/mol. The second kappa shape index (κ2) is 3.72. The molecule has 2 aromatic rings. The Bertz CT molecular complexity index is 560. The summed E-state index contributed by atoms with van der Waals surface area (Å²) >= 11 is 5.27. The van der Waals surface area contributed by atoms with Gasteiger partial charge < -0.3 is 4.74 Å². The van der Waals surface area contributed by atoms with E-state index in [1.54, 1.807) is 0 Å². The van der Waals surface area contributed by atoms with Crippen molar-refractivity contribution in [3.05, 3.63) is 59.7 Å². The van der Waals surface area contributed by atoms with Crippen LogP contribution >= 0.6 is 12.2 Å². The van der Waals surface area contributed by atoms with Crippen molar-refractivity contribution < 1.29 is 4.74 Å². The summed E-state index contributed by atoms with van der Waals surface area (Å²) in [6.45, 7) is 0.559. The fraction of sp³-hybridized carbons (Fsp3) is 0.0714. The van der Waals surface area contributed by atoms with Crippen LogP contribution in [0.2, 0.25) is 0 Å². The number of fused-ring (bicyclic) bond motifs is 3. The molecule has 0 bridgehead atoms. The van der Waals surface area contributed by atoms with Crippen molar-refractivity contribution in [3.8, 4) is 11.1 Å². The highest BCUT2D eigenvalue weighted by Crippen LogP contribution is 2.31. The minimum atomic E-state index is 0.559. The zero-order valence-corrected chi connectivity index (χ0v) is 9.46. The van der Waals surface area contributed by atoms with Gasteiger partial charge in [0.15, 0.2) is 5.05 Å². The Morgan fingerprint density at radius 2 is 1.44 bits per heavy atom. The second-order valence-corrected chi connectivity index (χ2v) is 4.15. The lowest BCUT2D eigenvalue weighted by Crippen LogP contribution is -2.00. The maximum atomic E-state index is 5.59. The molecule has 0 saturated heterocycles. The number of hydrogen-bond donors (Lipinski definition) is 0. The van der Waals surface area contributed by atoms with E-state index < -0.39 is 0 Å². The summed E-state index contributed by atoms with van der Waals surface area (Å²) in [4.78, 5) is 0. The van der Waals surface area contributed by atoms with E-state index in [-0.39, 0.29) is 0 Å². The average Bonchev–Trinajstić information content (AvgIpc) is 2.49. The monoisotopic (exact) mass is 226 g/mol. The summed E-state index contributed by atoms with van der Waals surface area (Å²) in [7, 11) is 0. The number of benzene rings is 2. The lowest BCUT2D eigenvalue weighted by Gasteiger charge is -2.06. The van der Waals surface area contributed by atoms with Crippen LogP contribution in [-0.2, 0) is 11.3 Å². The molecule has 0 atom stereocenters. The van der Waals surface area contributed by atoms with E-state index in [1.807, 2.05) is 30.3 Å². The lowest BCUT2D eigenvalue weighted by atomic mass is 9.97. The van der Waals surface area contributed by atoms with Gasteiger partial charge in [0.25, 0.3) is 0 Å². The minimum Gasteiger partial charge on any atom is -0.478 e. The zero-order valence-electron chi connectivity index (χ0n) is 8.64. The molecule has 1 nitrogen and oxygen atoms in total. The molecule has 0 aromatic heterocycles. The highest BCUT2D eigenvalue weighted by molar-refractivity contribution is 7.80. The molecule has 0 radical (unpaired) electrons. The number of hydrogen-bond acceptors (Lipinski definition) is 2. The van der Waals surface area contributed by atoms with E-state index in [2.05, 4.69) is 18.2 Å². The van der Waals surface area contributed by atoms with Crippen LogP contribution in [0.3, 0.4) is 0 Å². The van der Waals surface area contributed by atoms with Gasteiger partial charge >= 0.3 is 0 Å². The Morgan fingerprint density at radius 3 is 2.25 bits per heavy atom. The Hall–Kier alpha value is -1.67. The predicted octanol–water partition coefficient (Wildman–Crippen LogP) is 3.56. The van der Waals surface area contributed by atoms with E-state index in [0.717, 1.165) is 5.56 Å². The van der Waals surface area contributed by atoms with Gasteiger partial charge in [-0.05, 0) is 35.0 Å². The summed E-state index contributed by atoms with van der Waals surface area (Å²) < 4.78 is 5.59. The molecule has 78 valence electrons. The normalized spacial score (nSPS) is 13.4. The van der Waals surface area contributed by atoms with Crippen molar-refractivity contribution in [2.75, 3.05) is 0 Å². The number of rotatable bonds is 0. The molecule has 0 amide bonds. The first-order valence-corrected chi connectivity index (χ1v) is 5.61. The van der Waals surface area contributed by atoms with Crippen molar-refractivity contribution in [2.24, 2.45) is 0 Å². The molecule has 16 heavy (non-hydrogen) atoms. The molecule has 0 N–H and O–H groups in total. The van der Waals surface area contributed by atoms with Gasteiger partial charge in [-0.25, -0.2) is 0 Å². The van der Waals surface area contributed by atoms with Gasteiger partial charge in [0.05, 0.1) is 0 Å². The van der Waals surface area contributed by atoms with Crippen LogP contribution in [0.25, 0.3) is 11.1 Å². The molecule has 0 spiro atoms. The quantitative estimate of drug-likeness (QED) is 0.635. The van der Waals surface area contributed by atoms with Crippen LogP contribution in [0.1, 0.15) is 11.1 Å². The smallest absolute Gasteiger partial charge is 0.192 e. The molecular formula is C14H10OS. The third kappa shape index (κ3) is 1.42. The van der Waals surface area contributed by atoms with Crippen molar-refractivity contribution in [2.45, 2.75) is 6.61 Å². The van der Waals surface area contributed by atoms with Crippen LogP contribution in [0, 0.1) is 0 Å². The fourth-order valence-electron chi connectivity index (χ4n) is 2.03. The van der Waals surface area contributed by atoms with Gasteiger partial charge in [-0.3, -0.25) is 0 Å². The Kier molecular flexibility index (Phi) is 2.22. The Balaban J connectivity index is 2.32. The van der Waals surface area contributed by atoms with Gasteiger partial charge in [-0.2, -0.15) is 0 Å². The number of thiocarbonyl (C=S) groups is 1. The highest BCUT2D eigenvalue weighted by Gasteiger charge is 2.17. The molecule has 0 saturated carbocycles. The predicted molar refractivity (Wildman–Crippen MR) is 68.4 cm³/mol. The largest absolute Gasteiger partial charge is 0.478 e. The standard InChI is InChI=1S/C14H10OS/c16-14-13-8-4-3-7-12(13)11-6-2-1-5-10(11)9-15-14/h1-8H,9H2. The van der Waals surface area contributed by atoms with Crippen LogP contribution in [-0.4, -0.2) is 5.05 Å². The maximum Gasteiger partial charge on any atom is 0.192 e. The van der Waals surface area contributed by atoms with E-state index >= 15 is 0 Å². The molecule has 1 aliphatic rings. The zero-order chi connectivity index (χ0) is 11.0. The number of ether oxygens (including phenoxy) is 1. The molecule has 0 aliphatic carbocycles. The van der Waals surface area contributed by atoms with Crippen LogP contribution in [0.5, 0.6) is 0 Å². The maximum absolute atomic E-state index is 5.59. The van der Waals surface area contributed by atoms with Gasteiger partial charge in [-0.15, -0.1) is 0 Å². The summed E-state index contributed by atoms with van der Waals surface area (Å²) in [6, 6.07) is 16.4. The molecule has 3 rings (SSSR count). The topological polar surface area (TPSA) is 9.23 Å². The summed E-state index contributed by atoms with van der Waals surface area (Å²) in [5.41, 5.74) is 4.59. The second-order valence-electron chi connectivity index (χ2n) is 3.78. The lowest BCUT2D eigenvalue weighted by molar-refractivity contribution is 0.304. The van der Waals surface area contributed by atoms with E-state index in [1.165, 1.54) is 16.7 Å². The SMILES string of the molecule is S=C1OCc2ccccc2-c2ccccc21. The third-order valence-corrected chi connectivity index (χ3v) is 3.15. The van der Waals surface area contributed by atoms with Gasteiger partial charge in [0.2, 0.25) is 0 Å². The molecular weight excluding hydrogens is 216 g/mol. The first-order valence-electron chi connectivity index (χ1n) is 5.21. The molecule has 1 aliphatic heterocycles. The molecule has 0 fully saturated rings. The Morgan fingerprint density at radius 1 is 0.812 bits per heavy atom. The van der Waals surface area contributed by atoms with Gasteiger partial charge in [-0.1, -0.05) is 42.5 Å². The van der Waals surface area contributed by atoms with Crippen molar-refractivity contribution >= 4 is 17.3 Å². The molecule has 1 heterocycles. The third-order valence-electron chi connectivity index (χ3n) is 2.81. The minimum absolute atomic E-state index is 0.559. The first-order chi connectivity index (χ1) is 7.86. The van der Waals surface area contributed by atoms with Crippen molar-refractivity contribution in [3.63, 3.8) is 0 Å². The van der Waals surface area contributed by atoms with Crippen LogP contribution in [0.15, 0.2) is 48.5 Å². The molecule has 2 aromatic carbocycles. The summed E-state index contributed by atoms with van der Waals surface area (Å²) in [5.74, 6) is 0. The summed E-state index contributed by atoms with van der Waals surface area (Å²) in [6.07, 6.45) is 0. The van der Waals surface area contributed by atoms with E-state index in [4.69, 9.17) is 17.0 Å². The van der Waals surface area contributed by atoms with Gasteiger partial charge in [0, 0.05) is 5.56 Å². The first kappa shape index (κ1) is 9.55. The van der Waals surface area contributed by atoms with E-state index in [0.29, 0.717) is 11.7 Å². The highest BCUT2D eigenvalue weighted by atomic mass is 32.1. The summed E-state index contributed by atoms with van der Waals surface area (Å²) in [5, 5.41) is 0.590. The fourth-order valence-corrected chi connectivity index (χ4v) is 2.26. The van der Waals surface area contributed by atoms with E-state index in [9.17, 15) is 0 Å².